The van der Waals surface area contributed by atoms with Crippen molar-refractivity contribution in [2.75, 3.05) is 7.05 Å². The van der Waals surface area contributed by atoms with Gasteiger partial charge in [0.15, 0.2) is 0 Å². The number of carboxylic acids is 1. The molecule has 9 rings (SSSR count). The van der Waals surface area contributed by atoms with Gasteiger partial charge in [-0.1, -0.05) is 102 Å². The summed E-state index contributed by atoms with van der Waals surface area (Å²) in [6.45, 7) is 0. The van der Waals surface area contributed by atoms with E-state index < -0.39 is 36.3 Å². The molecule has 1 aromatic heterocycles. The Morgan fingerprint density at radius 1 is 0.653 bits per heavy atom. The predicted octanol–water partition coefficient (Wildman–Crippen LogP) is 11.9. The first kappa shape index (κ1) is 50.9. The SMILES string of the molecule is CN1C2CCC1/C(=C\C=C1/C=C(c3ccc(S(=O)(=O)O)cc3)C=C(c3ccc(S(=O)(=O)O)cc3)S1)C(Sc1ccc(CC(=O)O)cc1)=C2/C=C/c1cc(-c2ccc(S(=O)(=O)O)cc2)cc(-c2ccccc2)[s+]1. The predicted molar refractivity (Wildman–Crippen MR) is 286 cm³/mol. The number of rotatable bonds is 14. The minimum absolute atomic E-state index is 0.0346. The van der Waals surface area contributed by atoms with Gasteiger partial charge in [0.2, 0.25) is 21.1 Å². The van der Waals surface area contributed by atoms with E-state index in [1.54, 1.807) is 59.5 Å². The maximum Gasteiger partial charge on any atom is 0.307 e. The van der Waals surface area contributed by atoms with E-state index in [-0.39, 0.29) is 33.2 Å². The second-order valence-electron chi connectivity index (χ2n) is 17.1. The number of likely N-dealkylation sites (N-methyl/N-ethyl adjacent to an activating group) is 1. The zero-order chi connectivity index (χ0) is 51.0. The van der Waals surface area contributed by atoms with Gasteiger partial charge in [0.1, 0.15) is 0 Å². The largest absolute Gasteiger partial charge is 0.481 e. The average Bonchev–Trinajstić information content (AvgIpc) is 3.65. The molecule has 0 aliphatic carbocycles. The molecule has 0 saturated carbocycles. The summed E-state index contributed by atoms with van der Waals surface area (Å²) in [5.41, 5.74) is 7.49. The fourth-order valence-electron chi connectivity index (χ4n) is 8.82. The first-order valence-electron chi connectivity index (χ1n) is 22.2. The highest BCUT2D eigenvalue weighted by atomic mass is 32.2. The van der Waals surface area contributed by atoms with Crippen LogP contribution in [0.1, 0.15) is 34.4 Å². The molecule has 2 atom stereocenters. The first-order valence-corrected chi connectivity index (χ1v) is 29.0. The number of hydrogen-bond acceptors (Lipinski definition) is 10. The van der Waals surface area contributed by atoms with Crippen LogP contribution in [-0.2, 0) is 41.6 Å². The number of nitrogens with zero attached hydrogens (tertiary/aromatic N) is 1. The highest BCUT2D eigenvalue weighted by Crippen LogP contribution is 2.49. The molecule has 72 heavy (non-hydrogen) atoms. The van der Waals surface area contributed by atoms with Crippen molar-refractivity contribution in [3.8, 4) is 21.6 Å². The topological polar surface area (TPSA) is 204 Å². The molecular weight excluding hydrogens is 1030 g/mol. The highest BCUT2D eigenvalue weighted by molar-refractivity contribution is 8.12. The fraction of sp³-hybridized carbons (Fsp3) is 0.111. The van der Waals surface area contributed by atoms with Crippen molar-refractivity contribution < 1.29 is 48.8 Å². The summed E-state index contributed by atoms with van der Waals surface area (Å²) >= 11 is 4.66. The third kappa shape index (κ3) is 11.7. The van der Waals surface area contributed by atoms with Crippen LogP contribution >= 0.6 is 34.9 Å². The van der Waals surface area contributed by atoms with Crippen molar-refractivity contribution in [3.63, 3.8) is 0 Å². The van der Waals surface area contributed by atoms with Crippen LogP contribution in [0.4, 0.5) is 0 Å². The third-order valence-electron chi connectivity index (χ3n) is 12.4. The number of fused-ring (bicyclic) bond motifs is 2. The van der Waals surface area contributed by atoms with Crippen molar-refractivity contribution in [1.29, 1.82) is 0 Å². The summed E-state index contributed by atoms with van der Waals surface area (Å²) in [4.78, 5) is 18.7. The van der Waals surface area contributed by atoms with Crippen LogP contribution in [0.3, 0.4) is 0 Å². The van der Waals surface area contributed by atoms with Gasteiger partial charge in [0.25, 0.3) is 30.4 Å². The minimum Gasteiger partial charge on any atom is -0.481 e. The lowest BCUT2D eigenvalue weighted by atomic mass is 9.96. The van der Waals surface area contributed by atoms with Crippen LogP contribution in [0, 0.1) is 0 Å². The Labute approximate surface area is 430 Å². The van der Waals surface area contributed by atoms with Crippen LogP contribution in [0.15, 0.2) is 210 Å². The van der Waals surface area contributed by atoms with Gasteiger partial charge < -0.3 is 5.11 Å². The van der Waals surface area contributed by atoms with Gasteiger partial charge in [-0.3, -0.25) is 23.4 Å². The van der Waals surface area contributed by atoms with Gasteiger partial charge in [-0.2, -0.15) is 25.3 Å². The molecule has 0 amide bonds. The van der Waals surface area contributed by atoms with Crippen molar-refractivity contribution in [2.45, 2.75) is 50.9 Å². The summed E-state index contributed by atoms with van der Waals surface area (Å²) in [5, 5.41) is 9.48. The van der Waals surface area contributed by atoms with Gasteiger partial charge in [0, 0.05) is 55.5 Å². The molecule has 2 unspecified atom stereocenters. The van der Waals surface area contributed by atoms with E-state index in [1.165, 1.54) is 48.2 Å². The Morgan fingerprint density at radius 2 is 1.22 bits per heavy atom. The van der Waals surface area contributed by atoms with Gasteiger partial charge in [-0.25, -0.2) is 0 Å². The minimum atomic E-state index is -4.44. The maximum absolute atomic E-state index is 11.9. The summed E-state index contributed by atoms with van der Waals surface area (Å²) < 4.78 is 100. The maximum atomic E-state index is 11.9. The van der Waals surface area contributed by atoms with Gasteiger partial charge in [-0.05, 0) is 143 Å². The van der Waals surface area contributed by atoms with Gasteiger partial charge in [0.05, 0.1) is 21.1 Å². The molecule has 4 heterocycles. The quantitative estimate of drug-likeness (QED) is 0.0592. The molecule has 2 bridgehead atoms. The lowest BCUT2D eigenvalue weighted by Gasteiger charge is -2.36. The lowest BCUT2D eigenvalue weighted by molar-refractivity contribution is -0.136. The van der Waals surface area contributed by atoms with E-state index in [9.17, 15) is 48.8 Å². The normalized spacial score (nSPS) is 18.7. The van der Waals surface area contributed by atoms with Crippen molar-refractivity contribution >= 4 is 87.7 Å². The Balaban J connectivity index is 1.17. The number of thioether (sulfide) groups is 2. The zero-order valence-electron chi connectivity index (χ0n) is 38.1. The van der Waals surface area contributed by atoms with Crippen molar-refractivity contribution in [3.05, 3.63) is 212 Å². The number of hydrogen-bond donors (Lipinski definition) is 4. The molecule has 5 aromatic carbocycles. The van der Waals surface area contributed by atoms with Crippen LogP contribution in [-0.4, -0.2) is 74.0 Å². The number of aliphatic carboxylic acids is 1. The molecule has 6 aromatic rings. The van der Waals surface area contributed by atoms with Gasteiger partial charge in [-0.15, -0.1) is 0 Å². The Kier molecular flexibility index (Phi) is 14.7. The van der Waals surface area contributed by atoms with Crippen LogP contribution in [0.5, 0.6) is 0 Å². The van der Waals surface area contributed by atoms with Crippen LogP contribution < -0.4 is 0 Å². The number of carboxylic acid groups (broad SMARTS) is 1. The van der Waals surface area contributed by atoms with Crippen molar-refractivity contribution in [2.24, 2.45) is 0 Å². The lowest BCUT2D eigenvalue weighted by Crippen LogP contribution is -2.38. The second-order valence-corrected chi connectivity index (χ2v) is 24.7. The zero-order valence-corrected chi connectivity index (χ0v) is 43.0. The highest BCUT2D eigenvalue weighted by Gasteiger charge is 2.41. The monoisotopic (exact) mass is 1070 g/mol. The fourth-order valence-corrected chi connectivity index (χ4v) is 13.4. The molecule has 3 aliphatic rings. The molecule has 3 aliphatic heterocycles. The number of carbonyl (C=O) groups is 1. The third-order valence-corrected chi connectivity index (χ3v) is 18.3. The molecule has 1 fully saturated rings. The molecule has 18 heteroatoms. The van der Waals surface area contributed by atoms with Crippen LogP contribution in [0.25, 0.3) is 38.1 Å². The van der Waals surface area contributed by atoms with E-state index in [0.717, 1.165) is 75.6 Å². The molecule has 366 valence electrons. The van der Waals surface area contributed by atoms with Gasteiger partial charge >= 0.3 is 5.97 Å². The smallest absolute Gasteiger partial charge is 0.307 e. The molecule has 12 nitrogen and oxygen atoms in total. The molecule has 1 saturated heterocycles. The van der Waals surface area contributed by atoms with Crippen molar-refractivity contribution in [1.82, 2.24) is 4.90 Å². The summed E-state index contributed by atoms with van der Waals surface area (Å²) in [6.07, 6.45) is 13.9. The standard InChI is InChI=1S/C54H43NO11S6/c1-55-49-27-28-50(55)48(26-18-43-31-40(36-11-21-45(22-12-36)71(61,62)63)33-52(68-43)38-13-23-46(24-14-38)72(64,65)66)54(69-41-15-7-34(8-16-41)29-53(56)57)47(49)25-17-42-30-39(32-51(67-42)37-5-3-2-4-6-37)35-9-19-44(20-10-35)70(58,59)60/h2-26,30-33,49-50H,27-29H2,1H3,(H3-,56,57,58,59,60,61,62,63,64,65,66)/p+1. The molecule has 0 radical (unpaired) electrons. The summed E-state index contributed by atoms with van der Waals surface area (Å²) in [6, 6.07) is 39.5. The van der Waals surface area contributed by atoms with E-state index in [0.29, 0.717) is 16.7 Å². The molecule has 0 spiro atoms. The number of allylic oxidation sites excluding steroid dienone is 5. The Morgan fingerprint density at radius 3 is 1.81 bits per heavy atom. The van der Waals surface area contributed by atoms with E-state index in [2.05, 4.69) is 42.3 Å². The molecule has 4 N–H and O–H groups in total. The second kappa shape index (κ2) is 20.8. The summed E-state index contributed by atoms with van der Waals surface area (Å²) in [7, 11) is -11.2. The van der Waals surface area contributed by atoms with Crippen LogP contribution in [0.2, 0.25) is 0 Å². The average molecular weight is 1080 g/mol. The number of benzene rings is 5. The summed E-state index contributed by atoms with van der Waals surface area (Å²) in [5.74, 6) is -0.924. The van der Waals surface area contributed by atoms with E-state index in [4.69, 9.17) is 0 Å². The first-order chi connectivity index (χ1) is 34.3. The van der Waals surface area contributed by atoms with E-state index in [1.807, 2.05) is 72.8 Å². The Bertz CT molecular complexity index is 3640. The Hall–Kier alpha value is -6.03. The van der Waals surface area contributed by atoms with E-state index >= 15 is 0 Å². The molecular formula is C54H44NO11S6+.